The molecule has 2 N–H and O–H groups in total. The van der Waals surface area contributed by atoms with Crippen LogP contribution in [0.2, 0.25) is 0 Å². The van der Waals surface area contributed by atoms with Gasteiger partial charge in [0.15, 0.2) is 0 Å². The molecule has 3 aliphatic carbocycles. The maximum Gasteiger partial charge on any atom is 0.481 e. The van der Waals surface area contributed by atoms with E-state index in [9.17, 15) is 4.79 Å². The van der Waals surface area contributed by atoms with Gasteiger partial charge in [0.05, 0.1) is 23.7 Å². The Morgan fingerprint density at radius 2 is 2.08 bits per heavy atom. The van der Waals surface area contributed by atoms with Gasteiger partial charge in [-0.15, -0.1) is 0 Å². The fourth-order valence-corrected chi connectivity index (χ4v) is 6.08. The maximum atomic E-state index is 12.9. The van der Waals surface area contributed by atoms with Crippen molar-refractivity contribution in [2.24, 2.45) is 28.9 Å². The summed E-state index contributed by atoms with van der Waals surface area (Å²) in [5, 5.41) is 0. The number of hydrogen-bond acceptors (Lipinski definition) is 4. The molecule has 2 saturated heterocycles. The molecule has 1 amide bonds. The summed E-state index contributed by atoms with van der Waals surface area (Å²) in [6.45, 7) is 12.0. The van der Waals surface area contributed by atoms with Gasteiger partial charge in [-0.25, -0.2) is 0 Å². The second kappa shape index (κ2) is 6.21. The zero-order chi connectivity index (χ0) is 18.9. The van der Waals surface area contributed by atoms with Gasteiger partial charge in [-0.05, 0) is 62.2 Å². The van der Waals surface area contributed by atoms with Crippen molar-refractivity contribution in [3.63, 3.8) is 0 Å². The van der Waals surface area contributed by atoms with Crippen LogP contribution in [0.3, 0.4) is 0 Å². The molecule has 0 aromatic carbocycles. The van der Waals surface area contributed by atoms with Crippen LogP contribution in [0.1, 0.15) is 66.7 Å². The average molecular weight is 362 g/mol. The number of nitrogens with zero attached hydrogens (tertiary/aromatic N) is 1. The molecule has 5 rings (SSSR count). The van der Waals surface area contributed by atoms with Gasteiger partial charge in [0.1, 0.15) is 0 Å². The van der Waals surface area contributed by atoms with Crippen LogP contribution in [-0.4, -0.2) is 48.2 Å². The van der Waals surface area contributed by atoms with Gasteiger partial charge in [0.2, 0.25) is 5.91 Å². The number of amides is 1. The van der Waals surface area contributed by atoms with Crippen molar-refractivity contribution in [3.8, 4) is 0 Å². The lowest BCUT2D eigenvalue weighted by molar-refractivity contribution is -0.185. The third kappa shape index (κ3) is 2.75. The van der Waals surface area contributed by atoms with Crippen molar-refractivity contribution in [1.29, 1.82) is 0 Å². The van der Waals surface area contributed by atoms with Crippen LogP contribution >= 0.6 is 0 Å². The average Bonchev–Trinajstić information content (AvgIpc) is 3.15. The first-order chi connectivity index (χ1) is 12.1. The predicted molar refractivity (Wildman–Crippen MR) is 102 cm³/mol. The summed E-state index contributed by atoms with van der Waals surface area (Å²) in [7, 11) is -0.294. The van der Waals surface area contributed by atoms with Gasteiger partial charge in [-0.1, -0.05) is 27.7 Å². The van der Waals surface area contributed by atoms with E-state index in [1.54, 1.807) is 0 Å². The van der Waals surface area contributed by atoms with Gasteiger partial charge < -0.3 is 19.9 Å². The van der Waals surface area contributed by atoms with E-state index in [1.807, 2.05) is 4.90 Å². The second-order valence-corrected chi connectivity index (χ2v) is 10.4. The Kier molecular flexibility index (Phi) is 4.48. The number of hydrogen-bond donors (Lipinski definition) is 1. The van der Waals surface area contributed by atoms with Crippen LogP contribution < -0.4 is 5.73 Å². The largest absolute Gasteiger partial charge is 0.481 e. The Labute approximate surface area is 158 Å². The minimum Gasteiger partial charge on any atom is -0.404 e. The summed E-state index contributed by atoms with van der Waals surface area (Å²) >= 11 is 0. The summed E-state index contributed by atoms with van der Waals surface area (Å²) in [4.78, 5) is 14.9. The molecule has 6 heteroatoms. The monoisotopic (exact) mass is 362 g/mol. The number of carbonyl (C=O) groups excluding carboxylic acids is 1. The first-order valence-electron chi connectivity index (χ1n) is 10.5. The molecule has 2 heterocycles. The zero-order valence-electron chi connectivity index (χ0n) is 17.0. The van der Waals surface area contributed by atoms with Gasteiger partial charge in [-0.3, -0.25) is 4.79 Å². The molecule has 0 aromatic heterocycles. The first-order valence-corrected chi connectivity index (χ1v) is 10.5. The summed E-state index contributed by atoms with van der Waals surface area (Å²) in [6.07, 6.45) is 5.18. The summed E-state index contributed by atoms with van der Waals surface area (Å²) in [5.74, 6) is 1.81. The third-order valence-electron chi connectivity index (χ3n) is 7.77. The van der Waals surface area contributed by atoms with Crippen LogP contribution in [0.25, 0.3) is 0 Å². The predicted octanol–water partition coefficient (Wildman–Crippen LogP) is 2.62. The summed E-state index contributed by atoms with van der Waals surface area (Å²) < 4.78 is 13.0. The van der Waals surface area contributed by atoms with E-state index in [-0.39, 0.29) is 30.7 Å². The maximum absolute atomic E-state index is 12.9. The normalized spacial score (nSPS) is 42.0. The molecular formula is C20H35BN2O3. The molecule has 5 nitrogen and oxygen atoms in total. The van der Waals surface area contributed by atoms with E-state index in [1.165, 1.54) is 6.42 Å². The van der Waals surface area contributed by atoms with Gasteiger partial charge >= 0.3 is 7.12 Å². The van der Waals surface area contributed by atoms with Gasteiger partial charge in [0.25, 0.3) is 0 Å². The van der Waals surface area contributed by atoms with Crippen molar-refractivity contribution in [3.05, 3.63) is 0 Å². The molecule has 0 spiro atoms. The Bertz CT molecular complexity index is 583. The van der Waals surface area contributed by atoms with E-state index < -0.39 is 6.04 Å². The SMILES string of the molecule is CC(C)C[C@H](N)C(=O)N1CCC[C@H]1B1O[C@@H]2[C@@H]3C[C@H](C[C@]2(C)O1)C3(C)C. The van der Waals surface area contributed by atoms with E-state index in [0.29, 0.717) is 17.3 Å². The molecule has 5 aliphatic rings. The van der Waals surface area contributed by atoms with Crippen LogP contribution in [0.4, 0.5) is 0 Å². The lowest BCUT2D eigenvalue weighted by Gasteiger charge is -2.63. The van der Waals surface area contributed by atoms with Crippen molar-refractivity contribution in [2.75, 3.05) is 6.54 Å². The molecule has 5 fully saturated rings. The Hall–Kier alpha value is -0.585. The summed E-state index contributed by atoms with van der Waals surface area (Å²) in [5.41, 5.74) is 6.36. The van der Waals surface area contributed by atoms with E-state index in [2.05, 4.69) is 34.6 Å². The molecule has 3 saturated carbocycles. The highest BCUT2D eigenvalue weighted by Crippen LogP contribution is 2.64. The highest BCUT2D eigenvalue weighted by molar-refractivity contribution is 6.48. The topological polar surface area (TPSA) is 64.8 Å². The Balaban J connectivity index is 1.47. The zero-order valence-corrected chi connectivity index (χ0v) is 17.0. The highest BCUT2D eigenvalue weighted by atomic mass is 16.7. The highest BCUT2D eigenvalue weighted by Gasteiger charge is 2.67. The van der Waals surface area contributed by atoms with Crippen molar-refractivity contribution < 1.29 is 14.1 Å². The van der Waals surface area contributed by atoms with E-state index in [0.717, 1.165) is 38.1 Å². The van der Waals surface area contributed by atoms with Crippen LogP contribution in [0.5, 0.6) is 0 Å². The van der Waals surface area contributed by atoms with Crippen LogP contribution in [-0.2, 0) is 14.1 Å². The number of rotatable bonds is 4. The number of carbonyl (C=O) groups is 1. The Morgan fingerprint density at radius 1 is 1.35 bits per heavy atom. The summed E-state index contributed by atoms with van der Waals surface area (Å²) in [6, 6.07) is -0.415. The smallest absolute Gasteiger partial charge is 0.404 e. The molecular weight excluding hydrogens is 327 g/mol. The minimum atomic E-state index is -0.415. The standard InChI is InChI=1S/C20H35BN2O3/c1-12(2)9-15(22)18(24)23-8-6-7-16(23)21-25-17-14-10-13(19(14,3)4)11-20(17,5)26-21/h12-17H,6-11,22H2,1-5H3/t13-,14+,15+,16+,17-,20+/m1/s1. The molecule has 2 bridgehead atoms. The van der Waals surface area contributed by atoms with Crippen LogP contribution in [0, 0.1) is 23.2 Å². The Morgan fingerprint density at radius 3 is 2.73 bits per heavy atom. The van der Waals surface area contributed by atoms with E-state index in [4.69, 9.17) is 15.0 Å². The van der Waals surface area contributed by atoms with Crippen molar-refractivity contribution in [2.45, 2.75) is 90.4 Å². The van der Waals surface area contributed by atoms with Gasteiger partial charge in [0, 0.05) is 6.54 Å². The van der Waals surface area contributed by atoms with Crippen molar-refractivity contribution in [1.82, 2.24) is 4.90 Å². The van der Waals surface area contributed by atoms with Gasteiger partial charge in [-0.2, -0.15) is 0 Å². The molecule has 0 unspecified atom stereocenters. The molecule has 0 radical (unpaired) electrons. The quantitative estimate of drug-likeness (QED) is 0.781. The molecule has 6 atom stereocenters. The lowest BCUT2D eigenvalue weighted by atomic mass is 9.45. The molecule has 0 aromatic rings. The second-order valence-electron chi connectivity index (χ2n) is 10.4. The number of nitrogens with two attached hydrogens (primary N) is 1. The van der Waals surface area contributed by atoms with E-state index >= 15 is 0 Å². The first kappa shape index (κ1) is 18.8. The van der Waals surface area contributed by atoms with Crippen LogP contribution in [0.15, 0.2) is 0 Å². The fourth-order valence-electron chi connectivity index (χ4n) is 6.08. The number of likely N-dealkylation sites (tertiary alicyclic amines) is 1. The lowest BCUT2D eigenvalue weighted by Crippen LogP contribution is -2.63. The third-order valence-corrected chi connectivity index (χ3v) is 7.77. The minimum absolute atomic E-state index is 0.0171. The fraction of sp³-hybridized carbons (Fsp3) is 0.950. The molecule has 146 valence electrons. The van der Waals surface area contributed by atoms with Crippen molar-refractivity contribution >= 4 is 13.0 Å². The molecule has 2 aliphatic heterocycles. The molecule has 26 heavy (non-hydrogen) atoms.